The number of nitrogens with one attached hydrogen (secondary N) is 2. The second-order valence-corrected chi connectivity index (χ2v) is 9.62. The van der Waals surface area contributed by atoms with Crippen LogP contribution in [0.25, 0.3) is 0 Å². The van der Waals surface area contributed by atoms with E-state index in [-0.39, 0.29) is 17.7 Å². The van der Waals surface area contributed by atoms with Gasteiger partial charge >= 0.3 is 0 Å². The van der Waals surface area contributed by atoms with Crippen molar-refractivity contribution in [3.05, 3.63) is 52.4 Å². The van der Waals surface area contributed by atoms with Crippen LogP contribution in [0.3, 0.4) is 0 Å². The van der Waals surface area contributed by atoms with E-state index in [2.05, 4.69) is 46.5 Å². The molecule has 10 heteroatoms. The van der Waals surface area contributed by atoms with E-state index in [1.54, 1.807) is 23.1 Å². The normalized spacial score (nSPS) is 11.4. The Labute approximate surface area is 190 Å². The number of hydrogen-bond donors (Lipinski definition) is 3. The van der Waals surface area contributed by atoms with Gasteiger partial charge in [-0.2, -0.15) is 5.10 Å². The van der Waals surface area contributed by atoms with Gasteiger partial charge < -0.3 is 15.7 Å². The molecule has 3 heterocycles. The van der Waals surface area contributed by atoms with Gasteiger partial charge in [-0.25, -0.2) is 9.97 Å². The van der Waals surface area contributed by atoms with Crippen molar-refractivity contribution in [2.24, 2.45) is 7.05 Å². The average Bonchev–Trinajstić information content (AvgIpc) is 3.33. The highest BCUT2D eigenvalue weighted by molar-refractivity contribution is 7.15. The third-order valence-electron chi connectivity index (χ3n) is 4.78. The minimum absolute atomic E-state index is 0.0727. The number of thiazole rings is 1. The van der Waals surface area contributed by atoms with Crippen LogP contribution in [0.2, 0.25) is 0 Å². The monoisotopic (exact) mass is 456 g/mol. The highest BCUT2D eigenvalue weighted by Gasteiger charge is 2.20. The highest BCUT2D eigenvalue weighted by Crippen LogP contribution is 2.23. The number of anilines is 2. The van der Waals surface area contributed by atoms with Crippen molar-refractivity contribution >= 4 is 34.1 Å². The van der Waals surface area contributed by atoms with Gasteiger partial charge in [0.05, 0.1) is 12.1 Å². The summed E-state index contributed by atoms with van der Waals surface area (Å²) in [4.78, 5) is 33.2. The molecule has 0 fully saturated rings. The molecule has 3 rings (SSSR count). The van der Waals surface area contributed by atoms with E-state index in [9.17, 15) is 9.59 Å². The Morgan fingerprint density at radius 3 is 2.59 bits per heavy atom. The van der Waals surface area contributed by atoms with Crippen molar-refractivity contribution in [3.63, 3.8) is 0 Å². The molecule has 2 amide bonds. The van der Waals surface area contributed by atoms with Crippen molar-refractivity contribution in [1.29, 1.82) is 0 Å². The minimum Gasteiger partial charge on any atom is -0.387 e. The molecule has 0 saturated carbocycles. The Kier molecular flexibility index (Phi) is 7.37. The van der Waals surface area contributed by atoms with Crippen molar-refractivity contribution in [2.75, 3.05) is 17.2 Å². The summed E-state index contributed by atoms with van der Waals surface area (Å²) in [5, 5.41) is 19.3. The van der Waals surface area contributed by atoms with E-state index < -0.39 is 12.5 Å². The van der Waals surface area contributed by atoms with Gasteiger partial charge in [0.1, 0.15) is 12.4 Å². The number of nitrogens with zero attached hydrogens (tertiary/aromatic N) is 4. The van der Waals surface area contributed by atoms with Crippen LogP contribution in [-0.4, -0.2) is 43.3 Å². The number of aryl methyl sites for hydroxylation is 3. The number of carbonyl (C=O) groups excluding carboxylic acids is 2. The molecule has 0 atom stereocenters. The number of rotatable bonds is 8. The summed E-state index contributed by atoms with van der Waals surface area (Å²) in [6.07, 6.45) is 5.07. The van der Waals surface area contributed by atoms with Crippen LogP contribution in [0.4, 0.5) is 10.9 Å². The summed E-state index contributed by atoms with van der Waals surface area (Å²) in [5.41, 5.74) is 2.73. The number of pyridine rings is 1. The Hall–Kier alpha value is -3.11. The predicted octanol–water partition coefficient (Wildman–Crippen LogP) is 2.47. The summed E-state index contributed by atoms with van der Waals surface area (Å²) in [6, 6.07) is 5.62. The SMILES string of the molecule is Cn1nc(C(C)(C)C)cc1CC(=O)Nc1ncc(CCc2ccnc(NC(=O)CO)c2)s1. The lowest BCUT2D eigenvalue weighted by Crippen LogP contribution is -2.16. The lowest BCUT2D eigenvalue weighted by Gasteiger charge is -2.13. The Bertz CT molecular complexity index is 1100. The summed E-state index contributed by atoms with van der Waals surface area (Å²) in [5.74, 6) is -0.227. The molecular formula is C22H28N6O3S. The maximum atomic E-state index is 12.5. The first-order valence-corrected chi connectivity index (χ1v) is 11.1. The molecule has 0 aliphatic rings. The number of aliphatic hydroxyl groups is 1. The molecule has 0 bridgehead atoms. The number of hydrogen-bond acceptors (Lipinski definition) is 7. The van der Waals surface area contributed by atoms with Gasteiger partial charge in [0.15, 0.2) is 5.13 Å². The lowest BCUT2D eigenvalue weighted by molar-refractivity contribution is -0.119. The van der Waals surface area contributed by atoms with E-state index in [0.29, 0.717) is 10.9 Å². The first kappa shape index (κ1) is 23.6. The molecule has 0 aliphatic carbocycles. The second-order valence-electron chi connectivity index (χ2n) is 8.51. The Morgan fingerprint density at radius 1 is 1.12 bits per heavy atom. The van der Waals surface area contributed by atoms with Crippen molar-refractivity contribution in [2.45, 2.75) is 45.4 Å². The van der Waals surface area contributed by atoms with Crippen LogP contribution in [0.5, 0.6) is 0 Å². The molecule has 0 saturated heterocycles. The zero-order valence-corrected chi connectivity index (χ0v) is 19.5. The van der Waals surface area contributed by atoms with E-state index in [4.69, 9.17) is 5.11 Å². The fourth-order valence-electron chi connectivity index (χ4n) is 2.99. The maximum absolute atomic E-state index is 12.5. The molecule has 0 aromatic carbocycles. The number of aromatic nitrogens is 4. The van der Waals surface area contributed by atoms with Gasteiger partial charge in [-0.3, -0.25) is 14.3 Å². The Morgan fingerprint density at radius 2 is 1.91 bits per heavy atom. The summed E-state index contributed by atoms with van der Waals surface area (Å²) in [6.45, 7) is 5.69. The molecule has 0 aliphatic heterocycles. The standard InChI is InChI=1S/C22H28N6O3S/c1-22(2,3)17-10-15(28(4)27-17)11-19(30)26-21-24-12-16(32-21)6-5-14-7-8-23-18(9-14)25-20(31)13-29/h7-10,12,29H,5-6,11,13H2,1-4H3,(H,23,25,31)(H,24,26,30). The quantitative estimate of drug-likeness (QED) is 0.479. The van der Waals surface area contributed by atoms with E-state index in [0.717, 1.165) is 34.7 Å². The molecule has 0 unspecified atom stereocenters. The van der Waals surface area contributed by atoms with Crippen molar-refractivity contribution < 1.29 is 14.7 Å². The number of amides is 2. The Balaban J connectivity index is 1.54. The van der Waals surface area contributed by atoms with Crippen LogP contribution in [0.1, 0.15) is 42.6 Å². The van der Waals surface area contributed by atoms with Crippen LogP contribution in [-0.2, 0) is 41.3 Å². The van der Waals surface area contributed by atoms with Gasteiger partial charge in [0, 0.05) is 35.4 Å². The molecule has 170 valence electrons. The third-order valence-corrected chi connectivity index (χ3v) is 5.75. The smallest absolute Gasteiger partial charge is 0.251 e. The summed E-state index contributed by atoms with van der Waals surface area (Å²) in [7, 11) is 1.85. The predicted molar refractivity (Wildman–Crippen MR) is 124 cm³/mol. The number of aliphatic hydroxyl groups excluding tert-OH is 1. The topological polar surface area (TPSA) is 122 Å². The molecule has 32 heavy (non-hydrogen) atoms. The van der Waals surface area contributed by atoms with E-state index in [1.165, 1.54) is 11.3 Å². The van der Waals surface area contributed by atoms with Crippen LogP contribution in [0.15, 0.2) is 30.6 Å². The highest BCUT2D eigenvalue weighted by atomic mass is 32.1. The van der Waals surface area contributed by atoms with Gasteiger partial charge in [-0.15, -0.1) is 11.3 Å². The largest absolute Gasteiger partial charge is 0.387 e. The molecule has 0 spiro atoms. The molecule has 0 radical (unpaired) electrons. The zero-order chi connectivity index (χ0) is 23.3. The average molecular weight is 457 g/mol. The second kappa shape index (κ2) is 10.0. The minimum atomic E-state index is -0.584. The van der Waals surface area contributed by atoms with Crippen LogP contribution in [0, 0.1) is 0 Å². The number of carbonyl (C=O) groups is 2. The van der Waals surface area contributed by atoms with E-state index in [1.807, 2.05) is 19.2 Å². The summed E-state index contributed by atoms with van der Waals surface area (Å²) < 4.78 is 1.75. The van der Waals surface area contributed by atoms with Crippen LogP contribution >= 0.6 is 11.3 Å². The van der Waals surface area contributed by atoms with Gasteiger partial charge in [-0.05, 0) is 36.6 Å². The fourth-order valence-corrected chi connectivity index (χ4v) is 3.82. The maximum Gasteiger partial charge on any atom is 0.251 e. The van der Waals surface area contributed by atoms with Crippen molar-refractivity contribution in [3.8, 4) is 0 Å². The third kappa shape index (κ3) is 6.44. The van der Waals surface area contributed by atoms with Crippen LogP contribution < -0.4 is 10.6 Å². The molecule has 9 nitrogen and oxygen atoms in total. The molecule has 3 aromatic heterocycles. The fraction of sp³-hybridized carbons (Fsp3) is 0.409. The molecule has 3 aromatic rings. The lowest BCUT2D eigenvalue weighted by atomic mass is 9.92. The zero-order valence-electron chi connectivity index (χ0n) is 18.7. The van der Waals surface area contributed by atoms with E-state index >= 15 is 0 Å². The molecule has 3 N–H and O–H groups in total. The van der Waals surface area contributed by atoms with Gasteiger partial charge in [0.25, 0.3) is 5.91 Å². The van der Waals surface area contributed by atoms with Gasteiger partial charge in [-0.1, -0.05) is 20.8 Å². The first-order valence-electron chi connectivity index (χ1n) is 10.3. The summed E-state index contributed by atoms with van der Waals surface area (Å²) >= 11 is 1.44. The van der Waals surface area contributed by atoms with Gasteiger partial charge in [0.2, 0.25) is 5.91 Å². The first-order chi connectivity index (χ1) is 15.1. The molecular weight excluding hydrogens is 428 g/mol. The van der Waals surface area contributed by atoms with Crippen molar-refractivity contribution in [1.82, 2.24) is 19.7 Å².